The van der Waals surface area contributed by atoms with Gasteiger partial charge in [-0.1, -0.05) is 29.8 Å². The first kappa shape index (κ1) is 13.1. The van der Waals surface area contributed by atoms with Crippen molar-refractivity contribution in [3.05, 3.63) is 41.7 Å². The maximum atomic E-state index is 6.04. The molecule has 0 radical (unpaired) electrons. The Morgan fingerprint density at radius 1 is 1.16 bits per heavy atom. The van der Waals surface area contributed by atoms with Gasteiger partial charge in [0.25, 0.3) is 0 Å². The average Bonchev–Trinajstić information content (AvgIpc) is 2.39. The molecule has 1 aromatic carbocycles. The number of nitrogens with one attached hydrogen (secondary N) is 1. The van der Waals surface area contributed by atoms with Crippen molar-refractivity contribution in [1.82, 2.24) is 9.97 Å². The van der Waals surface area contributed by atoms with Crippen LogP contribution >= 0.6 is 0 Å². The normalized spacial score (nSPS) is 10.3. The number of rotatable bonds is 4. The fraction of sp³-hybridized carbons (Fsp3) is 0.286. The van der Waals surface area contributed by atoms with Crippen LogP contribution in [0.15, 0.2) is 30.6 Å². The molecule has 0 aliphatic carbocycles. The van der Waals surface area contributed by atoms with Gasteiger partial charge in [-0.05, 0) is 12.5 Å². The van der Waals surface area contributed by atoms with E-state index in [9.17, 15) is 0 Å². The van der Waals surface area contributed by atoms with E-state index in [1.807, 2.05) is 19.0 Å². The van der Waals surface area contributed by atoms with Crippen LogP contribution in [0.3, 0.4) is 0 Å². The molecule has 19 heavy (non-hydrogen) atoms. The number of aryl methyl sites for hydroxylation is 1. The average molecular weight is 257 g/mol. The van der Waals surface area contributed by atoms with E-state index in [-0.39, 0.29) is 0 Å². The lowest BCUT2D eigenvalue weighted by molar-refractivity contribution is 1.03. The Balaban J connectivity index is 2.11. The number of nitrogens with two attached hydrogens (primary N) is 1. The summed E-state index contributed by atoms with van der Waals surface area (Å²) in [5, 5.41) is 3.24. The van der Waals surface area contributed by atoms with Crippen molar-refractivity contribution < 1.29 is 0 Å². The summed E-state index contributed by atoms with van der Waals surface area (Å²) < 4.78 is 0. The summed E-state index contributed by atoms with van der Waals surface area (Å²) in [4.78, 5) is 10.2. The topological polar surface area (TPSA) is 67.1 Å². The maximum absolute atomic E-state index is 6.04. The summed E-state index contributed by atoms with van der Waals surface area (Å²) in [6, 6.07) is 8.36. The van der Waals surface area contributed by atoms with E-state index >= 15 is 0 Å². The molecule has 0 aliphatic rings. The van der Waals surface area contributed by atoms with Gasteiger partial charge in [0.05, 0.1) is 0 Å². The van der Waals surface area contributed by atoms with Crippen molar-refractivity contribution in [2.75, 3.05) is 30.0 Å². The smallest absolute Gasteiger partial charge is 0.156 e. The van der Waals surface area contributed by atoms with Gasteiger partial charge in [0.15, 0.2) is 11.6 Å². The van der Waals surface area contributed by atoms with Crippen LogP contribution in [0, 0.1) is 6.92 Å². The molecule has 0 fully saturated rings. The lowest BCUT2D eigenvalue weighted by atomic mass is 10.1. The molecule has 2 aromatic rings. The maximum Gasteiger partial charge on any atom is 0.156 e. The summed E-state index contributed by atoms with van der Waals surface area (Å²) in [5.74, 6) is 1.39. The van der Waals surface area contributed by atoms with E-state index in [1.165, 1.54) is 17.5 Å². The highest BCUT2D eigenvalue weighted by Gasteiger charge is 2.08. The van der Waals surface area contributed by atoms with Gasteiger partial charge in [-0.3, -0.25) is 0 Å². The third kappa shape index (κ3) is 3.13. The zero-order chi connectivity index (χ0) is 13.8. The third-order valence-corrected chi connectivity index (χ3v) is 2.87. The van der Waals surface area contributed by atoms with Crippen molar-refractivity contribution in [2.45, 2.75) is 13.5 Å². The molecule has 0 saturated heterocycles. The number of benzene rings is 1. The Hall–Kier alpha value is -2.30. The lowest BCUT2D eigenvalue weighted by Crippen LogP contribution is -2.15. The summed E-state index contributed by atoms with van der Waals surface area (Å²) in [6.45, 7) is 2.76. The summed E-state index contributed by atoms with van der Waals surface area (Å²) in [5.41, 5.74) is 9.05. The van der Waals surface area contributed by atoms with Crippen molar-refractivity contribution in [2.24, 2.45) is 0 Å². The predicted octanol–water partition coefficient (Wildman–Crippen LogP) is 2.05. The molecule has 0 spiro atoms. The first-order valence-corrected chi connectivity index (χ1v) is 6.15. The van der Waals surface area contributed by atoms with E-state index in [0.29, 0.717) is 18.1 Å². The minimum Gasteiger partial charge on any atom is -0.393 e. The van der Waals surface area contributed by atoms with E-state index in [1.54, 1.807) is 0 Å². The van der Waals surface area contributed by atoms with Gasteiger partial charge >= 0.3 is 0 Å². The molecular formula is C14H19N5. The van der Waals surface area contributed by atoms with Gasteiger partial charge in [0, 0.05) is 20.6 Å². The Kier molecular flexibility index (Phi) is 3.85. The van der Waals surface area contributed by atoms with Gasteiger partial charge in [-0.25, -0.2) is 9.97 Å². The number of nitrogen functional groups attached to an aromatic ring is 1. The Bertz CT molecular complexity index is 548. The standard InChI is InChI=1S/C14H19N5/c1-10-4-6-11(7-5-10)8-16-13-12(15)14(19(2)3)18-9-17-13/h4-7,9H,8,15H2,1-3H3,(H,16,17,18). The molecule has 1 heterocycles. The predicted molar refractivity (Wildman–Crippen MR) is 79.3 cm³/mol. The van der Waals surface area contributed by atoms with Gasteiger partial charge < -0.3 is 16.0 Å². The van der Waals surface area contributed by atoms with Crippen LogP contribution in [-0.2, 0) is 6.54 Å². The zero-order valence-electron chi connectivity index (χ0n) is 11.5. The monoisotopic (exact) mass is 257 g/mol. The molecule has 0 amide bonds. The second kappa shape index (κ2) is 5.56. The van der Waals surface area contributed by atoms with Crippen LogP contribution in [-0.4, -0.2) is 24.1 Å². The van der Waals surface area contributed by atoms with Crippen LogP contribution in [0.1, 0.15) is 11.1 Å². The first-order valence-electron chi connectivity index (χ1n) is 6.15. The molecule has 0 aliphatic heterocycles. The molecule has 0 bridgehead atoms. The highest BCUT2D eigenvalue weighted by Crippen LogP contribution is 2.24. The van der Waals surface area contributed by atoms with E-state index in [0.717, 1.165) is 5.82 Å². The van der Waals surface area contributed by atoms with Crippen molar-refractivity contribution in [1.29, 1.82) is 0 Å². The summed E-state index contributed by atoms with van der Waals surface area (Å²) >= 11 is 0. The second-order valence-corrected chi connectivity index (χ2v) is 4.69. The lowest BCUT2D eigenvalue weighted by Gasteiger charge is -2.16. The number of nitrogens with zero attached hydrogens (tertiary/aromatic N) is 3. The van der Waals surface area contributed by atoms with E-state index in [2.05, 4.69) is 46.5 Å². The zero-order valence-corrected chi connectivity index (χ0v) is 11.5. The third-order valence-electron chi connectivity index (χ3n) is 2.87. The van der Waals surface area contributed by atoms with Crippen LogP contribution in [0.25, 0.3) is 0 Å². The highest BCUT2D eigenvalue weighted by molar-refractivity contribution is 5.74. The fourth-order valence-electron chi connectivity index (χ4n) is 1.78. The van der Waals surface area contributed by atoms with Gasteiger partial charge in [-0.2, -0.15) is 0 Å². The van der Waals surface area contributed by atoms with Gasteiger partial charge in [0.2, 0.25) is 0 Å². The minimum absolute atomic E-state index is 0.569. The molecule has 0 saturated carbocycles. The van der Waals surface area contributed by atoms with Crippen LogP contribution < -0.4 is 16.0 Å². The quantitative estimate of drug-likeness (QED) is 0.877. The molecule has 2 rings (SSSR count). The second-order valence-electron chi connectivity index (χ2n) is 4.69. The van der Waals surface area contributed by atoms with E-state index < -0.39 is 0 Å². The largest absolute Gasteiger partial charge is 0.393 e. The first-order chi connectivity index (χ1) is 9.08. The molecule has 0 unspecified atom stereocenters. The SMILES string of the molecule is Cc1ccc(CNc2ncnc(N(C)C)c2N)cc1. The number of anilines is 3. The van der Waals surface area contributed by atoms with Gasteiger partial charge in [-0.15, -0.1) is 0 Å². The van der Waals surface area contributed by atoms with Crippen LogP contribution in [0.2, 0.25) is 0 Å². The van der Waals surface area contributed by atoms with Crippen molar-refractivity contribution >= 4 is 17.3 Å². The Morgan fingerprint density at radius 2 is 1.84 bits per heavy atom. The summed E-state index contributed by atoms with van der Waals surface area (Å²) in [6.07, 6.45) is 1.52. The minimum atomic E-state index is 0.569. The van der Waals surface area contributed by atoms with Crippen LogP contribution in [0.4, 0.5) is 17.3 Å². The number of aromatic nitrogens is 2. The molecule has 5 heteroatoms. The van der Waals surface area contributed by atoms with Crippen molar-refractivity contribution in [3.63, 3.8) is 0 Å². The molecule has 0 atom stereocenters. The molecule has 100 valence electrons. The Morgan fingerprint density at radius 3 is 2.47 bits per heavy atom. The highest BCUT2D eigenvalue weighted by atomic mass is 15.2. The number of hydrogen-bond acceptors (Lipinski definition) is 5. The molecule has 3 N–H and O–H groups in total. The number of hydrogen-bond donors (Lipinski definition) is 2. The van der Waals surface area contributed by atoms with Crippen LogP contribution in [0.5, 0.6) is 0 Å². The fourth-order valence-corrected chi connectivity index (χ4v) is 1.78. The Labute approximate surface area is 113 Å². The molecule has 5 nitrogen and oxygen atoms in total. The molecular weight excluding hydrogens is 238 g/mol. The van der Waals surface area contributed by atoms with E-state index in [4.69, 9.17) is 5.73 Å². The molecule has 1 aromatic heterocycles. The van der Waals surface area contributed by atoms with Gasteiger partial charge in [0.1, 0.15) is 12.0 Å². The summed E-state index contributed by atoms with van der Waals surface area (Å²) in [7, 11) is 3.81. The van der Waals surface area contributed by atoms with Crippen molar-refractivity contribution in [3.8, 4) is 0 Å².